The summed E-state index contributed by atoms with van der Waals surface area (Å²) in [6, 6.07) is 14.5. The Labute approximate surface area is 132 Å². The van der Waals surface area contributed by atoms with Gasteiger partial charge >= 0.3 is 0 Å². The van der Waals surface area contributed by atoms with Gasteiger partial charge in [0, 0.05) is 33.6 Å². The number of halogens is 2. The third-order valence-corrected chi connectivity index (χ3v) is 3.91. The molecule has 0 aliphatic rings. The first-order valence-electron chi connectivity index (χ1n) is 6.46. The summed E-state index contributed by atoms with van der Waals surface area (Å²) in [7, 11) is 0. The van der Waals surface area contributed by atoms with Crippen molar-refractivity contribution in [3.8, 4) is 0 Å². The van der Waals surface area contributed by atoms with Crippen LogP contribution in [0.25, 0.3) is 10.9 Å². The Bertz CT molecular complexity index is 825. The maximum absolute atomic E-state index is 12.6. The molecule has 21 heavy (non-hydrogen) atoms. The Morgan fingerprint density at radius 3 is 2.71 bits per heavy atom. The lowest BCUT2D eigenvalue weighted by atomic mass is 10.00. The van der Waals surface area contributed by atoms with Crippen LogP contribution in [-0.4, -0.2) is 10.8 Å². The standard InChI is InChI=1S/C17H11Cl2NO/c18-12-5-6-15(19)11(9-12)10-17(21)14-7-8-20-16-4-2-1-3-13(14)16/h1-9H,10H2. The predicted octanol–water partition coefficient (Wildman–Crippen LogP) is 4.97. The van der Waals surface area contributed by atoms with Crippen molar-refractivity contribution < 1.29 is 4.79 Å². The number of nitrogens with zero attached hydrogens (tertiary/aromatic N) is 1. The number of pyridine rings is 1. The molecule has 0 aliphatic carbocycles. The molecule has 1 heterocycles. The van der Waals surface area contributed by atoms with Crippen LogP contribution in [0, 0.1) is 0 Å². The summed E-state index contributed by atoms with van der Waals surface area (Å²) in [4.78, 5) is 16.8. The van der Waals surface area contributed by atoms with E-state index in [2.05, 4.69) is 4.98 Å². The fourth-order valence-electron chi connectivity index (χ4n) is 2.29. The monoisotopic (exact) mass is 315 g/mol. The highest BCUT2D eigenvalue weighted by molar-refractivity contribution is 6.33. The fourth-order valence-corrected chi connectivity index (χ4v) is 2.67. The molecule has 0 radical (unpaired) electrons. The highest BCUT2D eigenvalue weighted by Gasteiger charge is 2.13. The summed E-state index contributed by atoms with van der Waals surface area (Å²) in [5.74, 6) is -0.00207. The second-order valence-electron chi connectivity index (χ2n) is 4.71. The number of benzene rings is 2. The first kappa shape index (κ1) is 14.1. The van der Waals surface area contributed by atoms with Gasteiger partial charge in [-0.25, -0.2) is 0 Å². The number of Topliss-reactive ketones (excluding diaryl/α,β-unsaturated/α-hetero) is 1. The molecular formula is C17H11Cl2NO. The zero-order chi connectivity index (χ0) is 14.8. The summed E-state index contributed by atoms with van der Waals surface area (Å²) in [5, 5.41) is 1.97. The van der Waals surface area contributed by atoms with Crippen molar-refractivity contribution in [3.63, 3.8) is 0 Å². The number of rotatable bonds is 3. The summed E-state index contributed by atoms with van der Waals surface area (Å²) in [5.41, 5.74) is 2.19. The largest absolute Gasteiger partial charge is 0.294 e. The first-order chi connectivity index (χ1) is 10.1. The normalized spacial score (nSPS) is 10.8. The van der Waals surface area contributed by atoms with Gasteiger partial charge in [-0.2, -0.15) is 0 Å². The lowest BCUT2D eigenvalue weighted by Gasteiger charge is -2.07. The number of carbonyl (C=O) groups is 1. The van der Waals surface area contributed by atoms with E-state index < -0.39 is 0 Å². The van der Waals surface area contributed by atoms with Crippen LogP contribution in [0.15, 0.2) is 54.7 Å². The van der Waals surface area contributed by atoms with Crippen LogP contribution in [0.2, 0.25) is 10.0 Å². The van der Waals surface area contributed by atoms with Crippen molar-refractivity contribution in [3.05, 3.63) is 75.9 Å². The maximum atomic E-state index is 12.6. The van der Waals surface area contributed by atoms with Crippen LogP contribution in [0.5, 0.6) is 0 Å². The van der Waals surface area contributed by atoms with Gasteiger partial charge in [-0.3, -0.25) is 9.78 Å². The van der Waals surface area contributed by atoms with E-state index in [4.69, 9.17) is 23.2 Å². The second-order valence-corrected chi connectivity index (χ2v) is 5.55. The van der Waals surface area contributed by atoms with Crippen LogP contribution >= 0.6 is 23.2 Å². The van der Waals surface area contributed by atoms with Gasteiger partial charge < -0.3 is 0 Å². The van der Waals surface area contributed by atoms with Crippen molar-refractivity contribution in [2.45, 2.75) is 6.42 Å². The number of para-hydroxylation sites is 1. The maximum Gasteiger partial charge on any atom is 0.168 e. The van der Waals surface area contributed by atoms with E-state index in [1.165, 1.54) is 0 Å². The molecule has 3 aromatic rings. The number of ketones is 1. The average molecular weight is 316 g/mol. The van der Waals surface area contributed by atoms with Gasteiger partial charge in [0.2, 0.25) is 0 Å². The van der Waals surface area contributed by atoms with E-state index in [0.717, 1.165) is 16.5 Å². The molecule has 0 bridgehead atoms. The summed E-state index contributed by atoms with van der Waals surface area (Å²) >= 11 is 12.1. The Kier molecular flexibility index (Phi) is 3.91. The molecule has 0 amide bonds. The molecule has 0 fully saturated rings. The van der Waals surface area contributed by atoms with Gasteiger partial charge in [0.25, 0.3) is 0 Å². The Hall–Kier alpha value is -1.90. The van der Waals surface area contributed by atoms with E-state index in [1.807, 2.05) is 24.3 Å². The highest BCUT2D eigenvalue weighted by Crippen LogP contribution is 2.24. The van der Waals surface area contributed by atoms with Crippen molar-refractivity contribution in [2.24, 2.45) is 0 Å². The number of hydrogen-bond acceptors (Lipinski definition) is 2. The SMILES string of the molecule is O=C(Cc1cc(Cl)ccc1Cl)c1ccnc2ccccc12. The Balaban J connectivity index is 1.99. The molecule has 1 aromatic heterocycles. The van der Waals surface area contributed by atoms with E-state index in [9.17, 15) is 4.79 Å². The molecule has 0 saturated heterocycles. The van der Waals surface area contributed by atoms with E-state index in [1.54, 1.807) is 30.5 Å². The molecule has 2 aromatic carbocycles. The van der Waals surface area contributed by atoms with Gasteiger partial charge in [0.05, 0.1) is 5.52 Å². The van der Waals surface area contributed by atoms with Crippen molar-refractivity contribution in [1.29, 1.82) is 0 Å². The molecular weight excluding hydrogens is 305 g/mol. The number of carbonyl (C=O) groups excluding carboxylic acids is 1. The summed E-state index contributed by atoms with van der Waals surface area (Å²) in [6.07, 6.45) is 1.86. The van der Waals surface area contributed by atoms with Crippen LogP contribution in [0.3, 0.4) is 0 Å². The minimum atomic E-state index is -0.00207. The van der Waals surface area contributed by atoms with Crippen molar-refractivity contribution in [2.75, 3.05) is 0 Å². The quantitative estimate of drug-likeness (QED) is 0.639. The van der Waals surface area contributed by atoms with Crippen LogP contribution in [0.4, 0.5) is 0 Å². The molecule has 0 N–H and O–H groups in total. The van der Waals surface area contributed by atoms with Gasteiger partial charge in [-0.15, -0.1) is 0 Å². The number of aromatic nitrogens is 1. The van der Waals surface area contributed by atoms with Crippen molar-refractivity contribution >= 4 is 39.9 Å². The van der Waals surface area contributed by atoms with Crippen LogP contribution < -0.4 is 0 Å². The second kappa shape index (κ2) is 5.84. The Morgan fingerprint density at radius 2 is 1.86 bits per heavy atom. The molecule has 0 unspecified atom stereocenters. The van der Waals surface area contributed by atoms with Crippen LogP contribution in [-0.2, 0) is 6.42 Å². The highest BCUT2D eigenvalue weighted by atomic mass is 35.5. The average Bonchev–Trinajstić information content (AvgIpc) is 2.50. The molecule has 0 saturated carbocycles. The molecule has 3 rings (SSSR count). The molecule has 4 heteroatoms. The van der Waals surface area contributed by atoms with E-state index >= 15 is 0 Å². The minimum Gasteiger partial charge on any atom is -0.294 e. The zero-order valence-electron chi connectivity index (χ0n) is 11.0. The van der Waals surface area contributed by atoms with Crippen molar-refractivity contribution in [1.82, 2.24) is 4.98 Å². The predicted molar refractivity (Wildman–Crippen MR) is 86.2 cm³/mol. The first-order valence-corrected chi connectivity index (χ1v) is 7.21. The topological polar surface area (TPSA) is 30.0 Å². The van der Waals surface area contributed by atoms with Crippen LogP contribution in [0.1, 0.15) is 15.9 Å². The molecule has 0 aliphatic heterocycles. The third kappa shape index (κ3) is 2.92. The van der Waals surface area contributed by atoms with Gasteiger partial charge in [0.1, 0.15) is 0 Å². The molecule has 2 nitrogen and oxygen atoms in total. The van der Waals surface area contributed by atoms with Gasteiger partial charge in [-0.1, -0.05) is 41.4 Å². The minimum absolute atomic E-state index is 0.00207. The smallest absolute Gasteiger partial charge is 0.168 e. The summed E-state index contributed by atoms with van der Waals surface area (Å²) in [6.45, 7) is 0. The number of hydrogen-bond donors (Lipinski definition) is 0. The summed E-state index contributed by atoms with van der Waals surface area (Å²) < 4.78 is 0. The molecule has 0 spiro atoms. The lowest BCUT2D eigenvalue weighted by Crippen LogP contribution is -2.05. The number of fused-ring (bicyclic) bond motifs is 1. The zero-order valence-corrected chi connectivity index (χ0v) is 12.5. The fraction of sp³-hybridized carbons (Fsp3) is 0.0588. The van der Waals surface area contributed by atoms with E-state index in [-0.39, 0.29) is 12.2 Å². The van der Waals surface area contributed by atoms with Gasteiger partial charge in [0.15, 0.2) is 5.78 Å². The molecule has 0 atom stereocenters. The van der Waals surface area contributed by atoms with E-state index in [0.29, 0.717) is 15.6 Å². The third-order valence-electron chi connectivity index (χ3n) is 3.31. The lowest BCUT2D eigenvalue weighted by molar-refractivity contribution is 0.0994. The van der Waals surface area contributed by atoms with Gasteiger partial charge in [-0.05, 0) is 35.9 Å². The Morgan fingerprint density at radius 1 is 1.05 bits per heavy atom. The molecule has 104 valence electrons.